The van der Waals surface area contributed by atoms with E-state index in [0.29, 0.717) is 16.3 Å². The number of benzene rings is 2. The van der Waals surface area contributed by atoms with E-state index in [1.165, 1.54) is 0 Å². The molecule has 1 heterocycles. The summed E-state index contributed by atoms with van der Waals surface area (Å²) in [5.74, 6) is 0. The maximum Gasteiger partial charge on any atom is 0.255 e. The van der Waals surface area contributed by atoms with Crippen LogP contribution in [0.15, 0.2) is 65.8 Å². The topological polar surface area (TPSA) is 38.4 Å². The summed E-state index contributed by atoms with van der Waals surface area (Å²) in [6.45, 7) is 1.81. The zero-order chi connectivity index (χ0) is 14.2. The van der Waals surface area contributed by atoms with E-state index in [9.17, 15) is 5.21 Å². The van der Waals surface area contributed by atoms with Crippen molar-refractivity contribution >= 4 is 23.0 Å². The largest absolute Gasteiger partial charge is 0.594 e. The van der Waals surface area contributed by atoms with Gasteiger partial charge in [0.2, 0.25) is 0 Å². The van der Waals surface area contributed by atoms with Gasteiger partial charge in [-0.1, -0.05) is 53.4 Å². The average molecular weight is 285 g/mol. The van der Waals surface area contributed by atoms with Crippen molar-refractivity contribution in [3.63, 3.8) is 0 Å². The van der Waals surface area contributed by atoms with Gasteiger partial charge < -0.3 is 5.21 Å². The van der Waals surface area contributed by atoms with Crippen LogP contribution in [0, 0.1) is 5.21 Å². The van der Waals surface area contributed by atoms with Crippen LogP contribution in [0.25, 0.3) is 0 Å². The molecule has 20 heavy (non-hydrogen) atoms. The van der Waals surface area contributed by atoms with Gasteiger partial charge in [0.15, 0.2) is 4.87 Å². The Kier molecular flexibility index (Phi) is 3.07. The molecule has 0 radical (unpaired) electrons. The number of alkyl halides is 1. The van der Waals surface area contributed by atoms with Gasteiger partial charge in [0.1, 0.15) is 5.71 Å². The monoisotopic (exact) mass is 284 g/mol. The number of nitrogens with zero attached hydrogens (tertiary/aromatic N) is 2. The first-order valence-electron chi connectivity index (χ1n) is 6.34. The lowest BCUT2D eigenvalue weighted by molar-refractivity contribution is -0.459. The molecule has 4 heteroatoms. The van der Waals surface area contributed by atoms with Crippen molar-refractivity contribution in [1.29, 1.82) is 0 Å². The van der Waals surface area contributed by atoms with Crippen molar-refractivity contribution in [2.45, 2.75) is 11.8 Å². The summed E-state index contributed by atoms with van der Waals surface area (Å²) in [5.41, 5.74) is 2.68. The maximum atomic E-state index is 12.2. The summed E-state index contributed by atoms with van der Waals surface area (Å²) in [4.78, 5) is -0.310. The van der Waals surface area contributed by atoms with Crippen LogP contribution in [-0.2, 0) is 0 Å². The predicted octanol–water partition coefficient (Wildman–Crippen LogP) is 3.40. The van der Waals surface area contributed by atoms with Crippen LogP contribution in [0.5, 0.6) is 0 Å². The van der Waals surface area contributed by atoms with Crippen LogP contribution in [0.1, 0.15) is 18.1 Å². The van der Waals surface area contributed by atoms with Gasteiger partial charge >= 0.3 is 0 Å². The lowest BCUT2D eigenvalue weighted by atomic mass is 9.90. The standard InChI is InChI=1S/C16H13ClN2O/c1-16(17)14(12-8-4-2-5-9-12)18-19(20)15(16)13-10-6-3-7-11-13/h2-11H,1H3. The van der Waals surface area contributed by atoms with Gasteiger partial charge in [0.25, 0.3) is 5.71 Å². The number of hydrazone groups is 1. The zero-order valence-electron chi connectivity index (χ0n) is 11.0. The quantitative estimate of drug-likeness (QED) is 0.473. The SMILES string of the molecule is CC1(Cl)C(c2ccccc2)=N[N+]([O-])=C1c1ccccc1. The lowest BCUT2D eigenvalue weighted by Crippen LogP contribution is -2.37. The van der Waals surface area contributed by atoms with Gasteiger partial charge in [0.05, 0.1) is 0 Å². The van der Waals surface area contributed by atoms with E-state index >= 15 is 0 Å². The Balaban J connectivity index is 2.08. The van der Waals surface area contributed by atoms with Gasteiger partial charge in [-0.2, -0.15) is 0 Å². The number of rotatable bonds is 2. The van der Waals surface area contributed by atoms with Crippen molar-refractivity contribution < 1.29 is 4.85 Å². The molecule has 2 aromatic rings. The molecule has 3 nitrogen and oxygen atoms in total. The van der Waals surface area contributed by atoms with Crippen LogP contribution in [0.4, 0.5) is 0 Å². The van der Waals surface area contributed by atoms with Crippen molar-refractivity contribution in [3.8, 4) is 0 Å². The molecule has 0 bridgehead atoms. The first-order chi connectivity index (χ1) is 9.60. The van der Waals surface area contributed by atoms with Crippen LogP contribution in [-0.4, -0.2) is 21.1 Å². The van der Waals surface area contributed by atoms with E-state index < -0.39 is 4.87 Å². The fraction of sp³-hybridized carbons (Fsp3) is 0.125. The Morgan fingerprint density at radius 3 is 2.00 bits per heavy atom. The molecule has 3 rings (SSSR count). The second kappa shape index (κ2) is 4.76. The van der Waals surface area contributed by atoms with E-state index in [1.807, 2.05) is 60.7 Å². The average Bonchev–Trinajstić information content (AvgIpc) is 2.70. The molecule has 0 spiro atoms. The second-order valence-electron chi connectivity index (χ2n) is 4.81. The van der Waals surface area contributed by atoms with Gasteiger partial charge in [0, 0.05) is 16.2 Å². The van der Waals surface area contributed by atoms with Gasteiger partial charge in [-0.25, -0.2) is 0 Å². The molecule has 1 aliphatic rings. The van der Waals surface area contributed by atoms with Crippen molar-refractivity contribution in [2.24, 2.45) is 5.10 Å². The lowest BCUT2D eigenvalue weighted by Gasteiger charge is -2.16. The molecule has 1 unspecified atom stereocenters. The molecule has 0 saturated heterocycles. The Morgan fingerprint density at radius 1 is 0.950 bits per heavy atom. The van der Waals surface area contributed by atoms with Crippen molar-refractivity contribution in [3.05, 3.63) is 77.0 Å². The minimum atomic E-state index is -0.940. The highest BCUT2D eigenvalue weighted by molar-refractivity contribution is 6.52. The summed E-state index contributed by atoms with van der Waals surface area (Å²) in [5, 5.41) is 16.3. The van der Waals surface area contributed by atoms with Gasteiger partial charge in [-0.05, 0) is 19.1 Å². The van der Waals surface area contributed by atoms with Crippen molar-refractivity contribution in [1.82, 2.24) is 0 Å². The molecule has 2 aromatic carbocycles. The molecule has 0 N–H and O–H groups in total. The van der Waals surface area contributed by atoms with E-state index in [2.05, 4.69) is 5.10 Å². The highest BCUT2D eigenvalue weighted by Gasteiger charge is 2.47. The Bertz CT molecular complexity index is 691. The number of hydrogen-bond donors (Lipinski definition) is 0. The summed E-state index contributed by atoms with van der Waals surface area (Å²) in [6.07, 6.45) is 0. The van der Waals surface area contributed by atoms with E-state index in [-0.39, 0.29) is 0 Å². The summed E-state index contributed by atoms with van der Waals surface area (Å²) in [7, 11) is 0. The Morgan fingerprint density at radius 2 is 1.45 bits per heavy atom. The Hall–Kier alpha value is -2.13. The summed E-state index contributed by atoms with van der Waals surface area (Å²) >= 11 is 6.65. The van der Waals surface area contributed by atoms with Crippen LogP contribution in [0.3, 0.4) is 0 Å². The fourth-order valence-corrected chi connectivity index (χ4v) is 2.76. The summed E-state index contributed by atoms with van der Waals surface area (Å²) < 4.78 is 0. The van der Waals surface area contributed by atoms with Crippen LogP contribution >= 0.6 is 11.6 Å². The molecule has 0 aliphatic carbocycles. The highest BCUT2D eigenvalue weighted by atomic mass is 35.5. The third kappa shape index (κ3) is 2.00. The zero-order valence-corrected chi connectivity index (χ0v) is 11.7. The first kappa shape index (κ1) is 12.9. The minimum Gasteiger partial charge on any atom is -0.594 e. The molecule has 0 aromatic heterocycles. The normalized spacial score (nSPS) is 22.0. The van der Waals surface area contributed by atoms with Crippen LogP contribution in [0.2, 0.25) is 0 Å². The third-order valence-electron chi connectivity index (χ3n) is 3.37. The van der Waals surface area contributed by atoms with E-state index in [4.69, 9.17) is 11.6 Å². The van der Waals surface area contributed by atoms with E-state index in [1.54, 1.807) is 6.92 Å². The molecule has 100 valence electrons. The van der Waals surface area contributed by atoms with Crippen molar-refractivity contribution in [2.75, 3.05) is 0 Å². The fourth-order valence-electron chi connectivity index (χ4n) is 2.43. The smallest absolute Gasteiger partial charge is 0.255 e. The third-order valence-corrected chi connectivity index (χ3v) is 3.72. The van der Waals surface area contributed by atoms with E-state index in [0.717, 1.165) is 11.1 Å². The molecule has 1 atom stereocenters. The minimum absolute atomic E-state index is 0.457. The van der Waals surface area contributed by atoms with Crippen LogP contribution < -0.4 is 0 Å². The van der Waals surface area contributed by atoms with Gasteiger partial charge in [-0.3, -0.25) is 0 Å². The molecule has 0 fully saturated rings. The molecule has 1 aliphatic heterocycles. The summed E-state index contributed by atoms with van der Waals surface area (Å²) in [6, 6.07) is 18.9. The predicted molar refractivity (Wildman–Crippen MR) is 81.4 cm³/mol. The highest BCUT2D eigenvalue weighted by Crippen LogP contribution is 2.31. The molecular formula is C16H13ClN2O. The first-order valence-corrected chi connectivity index (χ1v) is 6.72. The molecule has 0 saturated carbocycles. The maximum absolute atomic E-state index is 12.2. The number of halogens is 1. The Labute approximate surface area is 122 Å². The molecule has 0 amide bonds. The molecular weight excluding hydrogens is 272 g/mol. The second-order valence-corrected chi connectivity index (χ2v) is 5.56. The van der Waals surface area contributed by atoms with Gasteiger partial charge in [-0.15, -0.1) is 11.6 Å². The number of hydrogen-bond acceptors (Lipinski definition) is 2.